The van der Waals surface area contributed by atoms with E-state index in [1.54, 1.807) is 0 Å². The Kier molecular flexibility index (Phi) is 3.84. The molecule has 0 aliphatic carbocycles. The van der Waals surface area contributed by atoms with E-state index in [1.165, 1.54) is 16.8 Å². The molecule has 3 rings (SSSR count). The summed E-state index contributed by atoms with van der Waals surface area (Å²) < 4.78 is 0. The van der Waals surface area contributed by atoms with E-state index in [2.05, 4.69) is 32.0 Å². The van der Waals surface area contributed by atoms with Crippen molar-refractivity contribution < 1.29 is 0 Å². The number of fused-ring (bicyclic) bond motifs is 1. The van der Waals surface area contributed by atoms with Crippen molar-refractivity contribution in [3.8, 4) is 0 Å². The Labute approximate surface area is 125 Å². The minimum atomic E-state index is 0.866. The zero-order chi connectivity index (χ0) is 14.8. The van der Waals surface area contributed by atoms with Gasteiger partial charge in [0, 0.05) is 63.8 Å². The molecule has 0 fully saturated rings. The van der Waals surface area contributed by atoms with E-state index in [9.17, 15) is 0 Å². The number of aryl methyl sites for hydroxylation is 1. The van der Waals surface area contributed by atoms with Crippen LogP contribution in [0.4, 0.5) is 5.82 Å². The van der Waals surface area contributed by atoms with Crippen LogP contribution in [-0.4, -0.2) is 40.5 Å². The first-order valence-electron chi connectivity index (χ1n) is 7.28. The third-order valence-electron chi connectivity index (χ3n) is 3.81. The summed E-state index contributed by atoms with van der Waals surface area (Å²) in [5.74, 6) is 1.86. The van der Waals surface area contributed by atoms with Gasteiger partial charge in [-0.2, -0.15) is 0 Å². The molecule has 0 atom stereocenters. The molecule has 1 aliphatic rings. The van der Waals surface area contributed by atoms with Gasteiger partial charge in [-0.1, -0.05) is 6.07 Å². The van der Waals surface area contributed by atoms with Crippen molar-refractivity contribution in [2.24, 2.45) is 0 Å². The van der Waals surface area contributed by atoms with Crippen LogP contribution in [0.2, 0.25) is 0 Å². The summed E-state index contributed by atoms with van der Waals surface area (Å²) in [6.45, 7) is 4.84. The maximum Gasteiger partial charge on any atom is 0.127 e. The van der Waals surface area contributed by atoms with E-state index in [-0.39, 0.29) is 0 Å². The van der Waals surface area contributed by atoms with Gasteiger partial charge in [-0.25, -0.2) is 15.0 Å². The second-order valence-corrected chi connectivity index (χ2v) is 5.77. The highest BCUT2D eigenvalue weighted by Crippen LogP contribution is 2.19. The van der Waals surface area contributed by atoms with Gasteiger partial charge in [0.25, 0.3) is 0 Å². The molecular formula is C16H21N5. The maximum atomic E-state index is 4.53. The molecule has 21 heavy (non-hydrogen) atoms. The van der Waals surface area contributed by atoms with Crippen molar-refractivity contribution in [3.63, 3.8) is 0 Å². The van der Waals surface area contributed by atoms with Crippen molar-refractivity contribution in [1.29, 1.82) is 0 Å². The topological polar surface area (TPSA) is 45.2 Å². The van der Waals surface area contributed by atoms with Gasteiger partial charge in [0.15, 0.2) is 0 Å². The Bertz CT molecular complexity index is 621. The highest BCUT2D eigenvalue weighted by Gasteiger charge is 2.18. The van der Waals surface area contributed by atoms with Crippen LogP contribution in [0.5, 0.6) is 0 Å². The average molecular weight is 283 g/mol. The first-order valence-corrected chi connectivity index (χ1v) is 7.28. The molecule has 5 heteroatoms. The largest absolute Gasteiger partial charge is 0.363 e. The van der Waals surface area contributed by atoms with E-state index < -0.39 is 0 Å². The lowest BCUT2D eigenvalue weighted by atomic mass is 10.1. The minimum Gasteiger partial charge on any atom is -0.363 e. The summed E-state index contributed by atoms with van der Waals surface area (Å²) in [5.41, 5.74) is 3.71. The molecule has 0 unspecified atom stereocenters. The lowest BCUT2D eigenvalue weighted by Gasteiger charge is -2.28. The van der Waals surface area contributed by atoms with E-state index in [4.69, 9.17) is 0 Å². The van der Waals surface area contributed by atoms with Crippen LogP contribution in [-0.2, 0) is 19.5 Å². The van der Waals surface area contributed by atoms with Gasteiger partial charge >= 0.3 is 0 Å². The number of hydrogen-bond donors (Lipinski definition) is 0. The van der Waals surface area contributed by atoms with Crippen molar-refractivity contribution in [1.82, 2.24) is 19.9 Å². The highest BCUT2D eigenvalue weighted by molar-refractivity contribution is 5.37. The van der Waals surface area contributed by atoms with Crippen LogP contribution in [0, 0.1) is 6.92 Å². The van der Waals surface area contributed by atoms with Crippen molar-refractivity contribution in [3.05, 3.63) is 47.2 Å². The fourth-order valence-electron chi connectivity index (χ4n) is 2.64. The molecule has 0 saturated carbocycles. The molecule has 0 aromatic carbocycles. The summed E-state index contributed by atoms with van der Waals surface area (Å²) >= 11 is 0. The van der Waals surface area contributed by atoms with Crippen LogP contribution in [0.15, 0.2) is 24.5 Å². The van der Waals surface area contributed by atoms with Crippen molar-refractivity contribution in [2.45, 2.75) is 26.4 Å². The van der Waals surface area contributed by atoms with Gasteiger partial charge in [0.1, 0.15) is 11.6 Å². The second kappa shape index (κ2) is 5.77. The van der Waals surface area contributed by atoms with E-state index >= 15 is 0 Å². The molecule has 5 nitrogen and oxygen atoms in total. The first kappa shape index (κ1) is 13.9. The number of rotatable bonds is 3. The monoisotopic (exact) mass is 283 g/mol. The first-order chi connectivity index (χ1) is 10.1. The Morgan fingerprint density at radius 3 is 2.76 bits per heavy atom. The number of aromatic nitrogens is 3. The summed E-state index contributed by atoms with van der Waals surface area (Å²) in [6, 6.07) is 4.23. The van der Waals surface area contributed by atoms with Crippen LogP contribution in [0.25, 0.3) is 0 Å². The number of nitrogens with zero attached hydrogens (tertiary/aromatic N) is 5. The van der Waals surface area contributed by atoms with Gasteiger partial charge in [-0.15, -0.1) is 0 Å². The maximum absolute atomic E-state index is 4.53. The fraction of sp³-hybridized carbons (Fsp3) is 0.438. The Balaban J connectivity index is 1.68. The zero-order valence-electron chi connectivity index (χ0n) is 12.9. The molecule has 0 spiro atoms. The van der Waals surface area contributed by atoms with Gasteiger partial charge in [0.05, 0.1) is 0 Å². The van der Waals surface area contributed by atoms with Gasteiger partial charge in [0.2, 0.25) is 0 Å². The predicted octanol–water partition coefficient (Wildman–Crippen LogP) is 1.80. The molecular weight excluding hydrogens is 262 g/mol. The smallest absolute Gasteiger partial charge is 0.127 e. The summed E-state index contributed by atoms with van der Waals surface area (Å²) in [7, 11) is 4.01. The van der Waals surface area contributed by atoms with Gasteiger partial charge in [-0.05, 0) is 18.6 Å². The molecule has 0 amide bonds. The Hall–Kier alpha value is -2.01. The van der Waals surface area contributed by atoms with Crippen molar-refractivity contribution >= 4 is 5.82 Å². The lowest BCUT2D eigenvalue weighted by molar-refractivity contribution is 0.242. The van der Waals surface area contributed by atoms with Crippen LogP contribution in [0.3, 0.4) is 0 Å². The van der Waals surface area contributed by atoms with Crippen molar-refractivity contribution in [2.75, 3.05) is 25.5 Å². The van der Waals surface area contributed by atoms with Gasteiger partial charge in [-0.3, -0.25) is 4.90 Å². The number of anilines is 1. The van der Waals surface area contributed by atoms with Gasteiger partial charge < -0.3 is 4.90 Å². The normalized spacial score (nSPS) is 14.8. The zero-order valence-corrected chi connectivity index (χ0v) is 12.9. The molecule has 0 saturated heterocycles. The second-order valence-electron chi connectivity index (χ2n) is 5.77. The van der Waals surface area contributed by atoms with E-state index in [1.807, 2.05) is 38.3 Å². The Morgan fingerprint density at radius 1 is 1.19 bits per heavy atom. The molecule has 3 heterocycles. The molecule has 2 aromatic heterocycles. The summed E-state index contributed by atoms with van der Waals surface area (Å²) in [6.07, 6.45) is 4.94. The lowest BCUT2D eigenvalue weighted by Crippen LogP contribution is -2.31. The van der Waals surface area contributed by atoms with Crippen LogP contribution in [0.1, 0.15) is 22.6 Å². The van der Waals surface area contributed by atoms with E-state index in [0.717, 1.165) is 37.7 Å². The van der Waals surface area contributed by atoms with E-state index in [0.29, 0.717) is 0 Å². The molecule has 1 aliphatic heterocycles. The molecule has 110 valence electrons. The quantitative estimate of drug-likeness (QED) is 0.859. The molecule has 0 radical (unpaired) electrons. The molecule has 2 aromatic rings. The third-order valence-corrected chi connectivity index (χ3v) is 3.81. The van der Waals surface area contributed by atoms with Crippen LogP contribution < -0.4 is 4.90 Å². The standard InChI is InChI=1S/C16H21N5/c1-12-17-9-14-11-21(7-6-15(14)19-12)10-13-4-5-16(18-8-13)20(2)3/h4-5,8-9H,6-7,10-11H2,1-3H3. The number of hydrogen-bond acceptors (Lipinski definition) is 5. The minimum absolute atomic E-state index is 0.866. The highest BCUT2D eigenvalue weighted by atomic mass is 15.1. The SMILES string of the molecule is Cc1ncc2c(n1)CCN(Cc1ccc(N(C)C)nc1)C2. The molecule has 0 N–H and O–H groups in total. The average Bonchev–Trinajstić information content (AvgIpc) is 2.48. The third kappa shape index (κ3) is 3.19. The fourth-order valence-corrected chi connectivity index (χ4v) is 2.64. The predicted molar refractivity (Wildman–Crippen MR) is 83.2 cm³/mol. The summed E-state index contributed by atoms with van der Waals surface area (Å²) in [5, 5.41) is 0. The Morgan fingerprint density at radius 2 is 2.05 bits per heavy atom. The summed E-state index contributed by atoms with van der Waals surface area (Å²) in [4.78, 5) is 17.8. The number of pyridine rings is 1. The van der Waals surface area contributed by atoms with Crippen LogP contribution >= 0.6 is 0 Å². The molecule has 0 bridgehead atoms.